The first-order valence-corrected chi connectivity index (χ1v) is 10.3. The molecule has 0 radical (unpaired) electrons. The molecule has 0 aliphatic carbocycles. The van der Waals surface area contributed by atoms with E-state index in [0.29, 0.717) is 24.9 Å². The smallest absolute Gasteiger partial charge is 0.228 e. The number of nitrogens with zero attached hydrogens (tertiary/aromatic N) is 4. The average molecular weight is 385 g/mol. The van der Waals surface area contributed by atoms with Gasteiger partial charge in [-0.25, -0.2) is 0 Å². The van der Waals surface area contributed by atoms with Gasteiger partial charge in [0.1, 0.15) is 0 Å². The van der Waals surface area contributed by atoms with E-state index in [2.05, 4.69) is 76.8 Å². The molecule has 2 N–H and O–H groups in total. The van der Waals surface area contributed by atoms with Crippen molar-refractivity contribution in [2.24, 2.45) is 4.99 Å². The molecule has 28 heavy (non-hydrogen) atoms. The normalized spacial score (nSPS) is 17.8. The Labute approximate surface area is 167 Å². The number of aromatic nitrogens is 2. The Kier molecular flexibility index (Phi) is 7.28. The molecule has 1 unspecified atom stereocenters. The van der Waals surface area contributed by atoms with E-state index in [1.807, 2.05) is 0 Å². The highest BCUT2D eigenvalue weighted by Gasteiger charge is 2.21. The fourth-order valence-electron chi connectivity index (χ4n) is 3.35. The summed E-state index contributed by atoms with van der Waals surface area (Å²) in [6.07, 6.45) is 2.97. The van der Waals surface area contributed by atoms with Crippen LogP contribution in [0.15, 0.2) is 39.8 Å². The topological polar surface area (TPSA) is 78.6 Å². The van der Waals surface area contributed by atoms with Gasteiger partial charge in [0.2, 0.25) is 5.89 Å². The van der Waals surface area contributed by atoms with Crippen molar-refractivity contribution < 1.29 is 4.52 Å². The molecule has 0 saturated carbocycles. The monoisotopic (exact) mass is 384 g/mol. The van der Waals surface area contributed by atoms with Crippen molar-refractivity contribution in [3.63, 3.8) is 0 Å². The van der Waals surface area contributed by atoms with Crippen molar-refractivity contribution in [2.45, 2.75) is 52.0 Å². The van der Waals surface area contributed by atoms with E-state index >= 15 is 0 Å². The van der Waals surface area contributed by atoms with Gasteiger partial charge >= 0.3 is 0 Å². The quantitative estimate of drug-likeness (QED) is 0.564. The predicted octanol–water partition coefficient (Wildman–Crippen LogP) is 2.96. The minimum atomic E-state index is 0.277. The molecule has 1 aromatic heterocycles. The number of anilines is 1. The molecule has 1 aromatic carbocycles. The van der Waals surface area contributed by atoms with Crippen LogP contribution in [0, 0.1) is 0 Å². The van der Waals surface area contributed by atoms with Gasteiger partial charge in [-0.15, -0.1) is 0 Å². The SMILES string of the molecule is CCNC(=NCCc1nc(C(C)C)no1)NC1CCCN(c2ccccc2)C1. The molecule has 1 saturated heterocycles. The maximum absolute atomic E-state index is 5.30. The molecular formula is C21H32N6O. The molecule has 152 valence electrons. The number of benzene rings is 1. The Morgan fingerprint density at radius 2 is 2.14 bits per heavy atom. The van der Waals surface area contributed by atoms with Crippen molar-refractivity contribution in [1.29, 1.82) is 0 Å². The zero-order valence-corrected chi connectivity index (χ0v) is 17.2. The molecule has 3 rings (SSSR count). The fourth-order valence-corrected chi connectivity index (χ4v) is 3.35. The summed E-state index contributed by atoms with van der Waals surface area (Å²) in [5.41, 5.74) is 1.29. The summed E-state index contributed by atoms with van der Waals surface area (Å²) >= 11 is 0. The van der Waals surface area contributed by atoms with Crippen LogP contribution >= 0.6 is 0 Å². The number of para-hydroxylation sites is 1. The first-order valence-electron chi connectivity index (χ1n) is 10.3. The Bertz CT molecular complexity index is 742. The van der Waals surface area contributed by atoms with Crippen LogP contribution in [0.5, 0.6) is 0 Å². The van der Waals surface area contributed by atoms with Crippen molar-refractivity contribution in [2.75, 3.05) is 31.1 Å². The zero-order valence-electron chi connectivity index (χ0n) is 17.2. The van der Waals surface area contributed by atoms with Gasteiger partial charge in [-0.3, -0.25) is 4.99 Å². The summed E-state index contributed by atoms with van der Waals surface area (Å²) in [6.45, 7) is 9.73. The van der Waals surface area contributed by atoms with E-state index in [-0.39, 0.29) is 5.92 Å². The second-order valence-electron chi connectivity index (χ2n) is 7.48. The molecule has 1 aliphatic rings. The van der Waals surface area contributed by atoms with Crippen LogP contribution in [0.2, 0.25) is 0 Å². The third kappa shape index (κ3) is 5.71. The van der Waals surface area contributed by atoms with Gasteiger partial charge in [-0.2, -0.15) is 4.98 Å². The summed E-state index contributed by atoms with van der Waals surface area (Å²) in [6, 6.07) is 11.0. The first kappa shape index (κ1) is 20.2. The zero-order chi connectivity index (χ0) is 19.8. The van der Waals surface area contributed by atoms with Crippen molar-refractivity contribution in [3.05, 3.63) is 42.0 Å². The molecule has 1 fully saturated rings. The number of nitrogens with one attached hydrogen (secondary N) is 2. The standard InChI is InChI=1S/C21H32N6O/c1-4-22-21(23-13-12-19-25-20(16(2)3)26-28-19)24-17-9-8-14-27(15-17)18-10-6-5-7-11-18/h5-7,10-11,16-17H,4,8-9,12-15H2,1-3H3,(H2,22,23,24). The van der Waals surface area contributed by atoms with E-state index in [1.165, 1.54) is 12.1 Å². The van der Waals surface area contributed by atoms with Gasteiger partial charge in [-0.1, -0.05) is 37.2 Å². The summed E-state index contributed by atoms with van der Waals surface area (Å²) in [5.74, 6) is 2.54. The second kappa shape index (κ2) is 10.1. The molecule has 1 atom stereocenters. The fraction of sp³-hybridized carbons (Fsp3) is 0.571. The second-order valence-corrected chi connectivity index (χ2v) is 7.48. The van der Waals surface area contributed by atoms with Crippen LogP contribution < -0.4 is 15.5 Å². The third-order valence-corrected chi connectivity index (χ3v) is 4.82. The highest BCUT2D eigenvalue weighted by molar-refractivity contribution is 5.80. The number of aliphatic imine (C=N–C) groups is 1. The maximum atomic E-state index is 5.30. The lowest BCUT2D eigenvalue weighted by Crippen LogP contribution is -2.51. The minimum absolute atomic E-state index is 0.277. The lowest BCUT2D eigenvalue weighted by Gasteiger charge is -2.35. The van der Waals surface area contributed by atoms with Crippen LogP contribution in [-0.4, -0.2) is 48.3 Å². The van der Waals surface area contributed by atoms with Gasteiger partial charge in [0.15, 0.2) is 11.8 Å². The van der Waals surface area contributed by atoms with Crippen molar-refractivity contribution >= 4 is 11.6 Å². The predicted molar refractivity (Wildman–Crippen MR) is 113 cm³/mol. The molecule has 2 heterocycles. The largest absolute Gasteiger partial charge is 0.369 e. The average Bonchev–Trinajstić information content (AvgIpc) is 3.18. The van der Waals surface area contributed by atoms with Crippen LogP contribution in [0.1, 0.15) is 51.2 Å². The molecule has 0 bridgehead atoms. The molecule has 7 nitrogen and oxygen atoms in total. The highest BCUT2D eigenvalue weighted by Crippen LogP contribution is 2.19. The molecule has 0 amide bonds. The van der Waals surface area contributed by atoms with Crippen LogP contribution in [0.25, 0.3) is 0 Å². The summed E-state index contributed by atoms with van der Waals surface area (Å²) < 4.78 is 5.30. The summed E-state index contributed by atoms with van der Waals surface area (Å²) in [4.78, 5) is 11.6. The molecule has 7 heteroatoms. The van der Waals surface area contributed by atoms with Crippen LogP contribution in [0.3, 0.4) is 0 Å². The van der Waals surface area contributed by atoms with Gasteiger partial charge in [0.05, 0.1) is 6.54 Å². The van der Waals surface area contributed by atoms with Gasteiger partial charge in [0.25, 0.3) is 0 Å². The van der Waals surface area contributed by atoms with Crippen molar-refractivity contribution in [1.82, 2.24) is 20.8 Å². The first-order chi connectivity index (χ1) is 13.7. The Balaban J connectivity index is 1.54. The number of guanidine groups is 1. The maximum Gasteiger partial charge on any atom is 0.228 e. The molecule has 1 aliphatic heterocycles. The molecular weight excluding hydrogens is 352 g/mol. The van der Waals surface area contributed by atoms with Crippen LogP contribution in [0.4, 0.5) is 5.69 Å². The summed E-state index contributed by atoms with van der Waals surface area (Å²) in [5, 5.41) is 11.0. The Morgan fingerprint density at radius 3 is 2.86 bits per heavy atom. The minimum Gasteiger partial charge on any atom is -0.369 e. The van der Waals surface area contributed by atoms with Gasteiger partial charge in [-0.05, 0) is 31.9 Å². The van der Waals surface area contributed by atoms with Gasteiger partial charge < -0.3 is 20.1 Å². The van der Waals surface area contributed by atoms with E-state index in [9.17, 15) is 0 Å². The number of rotatable bonds is 7. The third-order valence-electron chi connectivity index (χ3n) is 4.82. The van der Waals surface area contributed by atoms with Gasteiger partial charge in [0, 0.05) is 43.7 Å². The van der Waals surface area contributed by atoms with E-state index < -0.39 is 0 Å². The lowest BCUT2D eigenvalue weighted by atomic mass is 10.1. The van der Waals surface area contributed by atoms with E-state index in [1.54, 1.807) is 0 Å². The van der Waals surface area contributed by atoms with E-state index in [0.717, 1.165) is 37.8 Å². The Hall–Kier alpha value is -2.57. The number of hydrogen-bond donors (Lipinski definition) is 2. The number of piperidine rings is 1. The van der Waals surface area contributed by atoms with Crippen LogP contribution in [-0.2, 0) is 6.42 Å². The lowest BCUT2D eigenvalue weighted by molar-refractivity contribution is 0.372. The van der Waals surface area contributed by atoms with Crippen molar-refractivity contribution in [3.8, 4) is 0 Å². The number of hydrogen-bond acceptors (Lipinski definition) is 5. The van der Waals surface area contributed by atoms with E-state index in [4.69, 9.17) is 9.52 Å². The Morgan fingerprint density at radius 1 is 1.32 bits per heavy atom. The molecule has 0 spiro atoms. The molecule has 2 aromatic rings. The summed E-state index contributed by atoms with van der Waals surface area (Å²) in [7, 11) is 0. The highest BCUT2D eigenvalue weighted by atomic mass is 16.5.